The third-order valence-electron chi connectivity index (χ3n) is 3.54. The fourth-order valence-electron chi connectivity index (χ4n) is 2.58. The lowest BCUT2D eigenvalue weighted by Gasteiger charge is -2.18. The minimum absolute atomic E-state index is 0.293. The van der Waals surface area contributed by atoms with Crippen LogP contribution in [0.2, 0.25) is 0 Å². The predicted molar refractivity (Wildman–Crippen MR) is 85.4 cm³/mol. The molecule has 3 aromatic carbocycles. The average Bonchev–Trinajstić information content (AvgIpc) is 2.47. The first-order chi connectivity index (χ1) is 9.66. The first kappa shape index (κ1) is 12.5. The van der Waals surface area contributed by atoms with Crippen molar-refractivity contribution in [1.29, 1.82) is 0 Å². The Labute approximate surface area is 118 Å². The van der Waals surface area contributed by atoms with Crippen molar-refractivity contribution in [1.82, 2.24) is 0 Å². The highest BCUT2D eigenvalue weighted by Gasteiger charge is 2.09. The molecular weight excluding hydrogens is 246 g/mol. The van der Waals surface area contributed by atoms with Crippen LogP contribution in [0.3, 0.4) is 0 Å². The molecule has 3 rings (SSSR count). The Morgan fingerprint density at radius 2 is 1.45 bits per heavy atom. The van der Waals surface area contributed by atoms with E-state index in [2.05, 4.69) is 55.4 Å². The van der Waals surface area contributed by atoms with E-state index in [1.165, 1.54) is 22.0 Å². The highest BCUT2D eigenvalue weighted by atomic mass is 16.3. The Morgan fingerprint density at radius 3 is 2.10 bits per heavy atom. The molecule has 0 spiro atoms. The Kier molecular flexibility index (Phi) is 3.07. The van der Waals surface area contributed by atoms with E-state index in [0.29, 0.717) is 5.75 Å². The number of fused-ring (bicyclic) bond motifs is 1. The second kappa shape index (κ2) is 4.89. The maximum atomic E-state index is 9.45. The number of nitrogens with zero attached hydrogens (tertiary/aromatic N) is 1. The summed E-state index contributed by atoms with van der Waals surface area (Å²) in [5.41, 5.74) is 3.50. The molecule has 100 valence electrons. The van der Waals surface area contributed by atoms with Crippen LogP contribution in [0.4, 0.5) is 5.69 Å². The van der Waals surface area contributed by atoms with Gasteiger partial charge in [-0.2, -0.15) is 0 Å². The summed E-state index contributed by atoms with van der Waals surface area (Å²) in [7, 11) is 4.12. The molecule has 0 aromatic heterocycles. The summed E-state index contributed by atoms with van der Waals surface area (Å²) in [5.74, 6) is 0.293. The molecule has 2 nitrogen and oxygen atoms in total. The molecule has 0 heterocycles. The monoisotopic (exact) mass is 263 g/mol. The van der Waals surface area contributed by atoms with Gasteiger partial charge in [-0.15, -0.1) is 0 Å². The van der Waals surface area contributed by atoms with Crippen LogP contribution in [0.15, 0.2) is 60.7 Å². The number of phenolic OH excluding ortho intramolecular Hbond substituents is 1. The van der Waals surface area contributed by atoms with Crippen LogP contribution >= 0.6 is 0 Å². The SMILES string of the molecule is CN(C)c1cccc2cccc(-c3ccc(O)cc3)c12. The van der Waals surface area contributed by atoms with Crippen molar-refractivity contribution in [3.63, 3.8) is 0 Å². The van der Waals surface area contributed by atoms with E-state index in [9.17, 15) is 5.11 Å². The number of aromatic hydroxyl groups is 1. The second-order valence-corrected chi connectivity index (χ2v) is 5.12. The van der Waals surface area contributed by atoms with Gasteiger partial charge >= 0.3 is 0 Å². The minimum atomic E-state index is 0.293. The lowest BCUT2D eigenvalue weighted by Crippen LogP contribution is -2.09. The zero-order valence-corrected chi connectivity index (χ0v) is 11.7. The van der Waals surface area contributed by atoms with Gasteiger partial charge in [-0.3, -0.25) is 0 Å². The van der Waals surface area contributed by atoms with Gasteiger partial charge in [0.1, 0.15) is 5.75 Å². The maximum absolute atomic E-state index is 9.45. The molecule has 0 amide bonds. The highest BCUT2D eigenvalue weighted by molar-refractivity contribution is 6.05. The molecule has 0 aliphatic rings. The topological polar surface area (TPSA) is 23.5 Å². The van der Waals surface area contributed by atoms with Crippen molar-refractivity contribution in [2.24, 2.45) is 0 Å². The molecule has 0 bridgehead atoms. The van der Waals surface area contributed by atoms with Gasteiger partial charge in [0.05, 0.1) is 0 Å². The van der Waals surface area contributed by atoms with E-state index in [0.717, 1.165) is 5.56 Å². The van der Waals surface area contributed by atoms with Crippen LogP contribution in [-0.4, -0.2) is 19.2 Å². The molecule has 0 saturated heterocycles. The van der Waals surface area contributed by atoms with E-state index >= 15 is 0 Å². The Morgan fingerprint density at radius 1 is 0.800 bits per heavy atom. The molecule has 0 saturated carbocycles. The van der Waals surface area contributed by atoms with Gasteiger partial charge in [-0.25, -0.2) is 0 Å². The number of benzene rings is 3. The van der Waals surface area contributed by atoms with Gasteiger partial charge < -0.3 is 10.0 Å². The Hall–Kier alpha value is -2.48. The standard InChI is InChI=1S/C18H17NO/c1-19(2)17-8-4-6-14-5-3-7-16(18(14)17)13-9-11-15(20)12-10-13/h3-12,20H,1-2H3. The smallest absolute Gasteiger partial charge is 0.115 e. The molecule has 0 atom stereocenters. The number of anilines is 1. The molecule has 0 fully saturated rings. The molecular formula is C18H17NO. The normalized spacial score (nSPS) is 10.7. The summed E-state index contributed by atoms with van der Waals surface area (Å²) in [5, 5.41) is 11.9. The third kappa shape index (κ3) is 2.10. The quantitative estimate of drug-likeness (QED) is 0.746. The zero-order valence-electron chi connectivity index (χ0n) is 11.7. The number of rotatable bonds is 2. The highest BCUT2D eigenvalue weighted by Crippen LogP contribution is 2.35. The van der Waals surface area contributed by atoms with Crippen LogP contribution in [0, 0.1) is 0 Å². The van der Waals surface area contributed by atoms with Crippen molar-refractivity contribution in [3.8, 4) is 16.9 Å². The molecule has 3 aromatic rings. The number of phenols is 1. The van der Waals surface area contributed by atoms with Crippen LogP contribution in [-0.2, 0) is 0 Å². The fraction of sp³-hybridized carbons (Fsp3) is 0.111. The van der Waals surface area contributed by atoms with Gasteiger partial charge in [-0.05, 0) is 34.7 Å². The van der Waals surface area contributed by atoms with Gasteiger partial charge in [0.25, 0.3) is 0 Å². The number of hydrogen-bond acceptors (Lipinski definition) is 2. The van der Waals surface area contributed by atoms with Crippen molar-refractivity contribution in [3.05, 3.63) is 60.7 Å². The minimum Gasteiger partial charge on any atom is -0.508 e. The first-order valence-electron chi connectivity index (χ1n) is 6.65. The zero-order chi connectivity index (χ0) is 14.1. The van der Waals surface area contributed by atoms with E-state index in [4.69, 9.17) is 0 Å². The first-order valence-corrected chi connectivity index (χ1v) is 6.65. The fourth-order valence-corrected chi connectivity index (χ4v) is 2.58. The van der Waals surface area contributed by atoms with E-state index in [1.807, 2.05) is 12.1 Å². The Balaban J connectivity index is 2.32. The van der Waals surface area contributed by atoms with Crippen molar-refractivity contribution >= 4 is 16.5 Å². The third-order valence-corrected chi connectivity index (χ3v) is 3.54. The van der Waals surface area contributed by atoms with Crippen molar-refractivity contribution in [2.75, 3.05) is 19.0 Å². The van der Waals surface area contributed by atoms with Crippen LogP contribution < -0.4 is 4.90 Å². The van der Waals surface area contributed by atoms with Gasteiger partial charge in [0.2, 0.25) is 0 Å². The summed E-state index contributed by atoms with van der Waals surface area (Å²) in [6.45, 7) is 0. The van der Waals surface area contributed by atoms with Gasteiger partial charge in [-0.1, -0.05) is 42.5 Å². The van der Waals surface area contributed by atoms with Crippen LogP contribution in [0.5, 0.6) is 5.75 Å². The molecule has 1 N–H and O–H groups in total. The van der Waals surface area contributed by atoms with E-state index < -0.39 is 0 Å². The average molecular weight is 263 g/mol. The molecule has 0 aliphatic heterocycles. The van der Waals surface area contributed by atoms with Crippen LogP contribution in [0.1, 0.15) is 0 Å². The largest absolute Gasteiger partial charge is 0.508 e. The summed E-state index contributed by atoms with van der Waals surface area (Å²) in [4.78, 5) is 2.13. The molecule has 2 heteroatoms. The molecule has 20 heavy (non-hydrogen) atoms. The molecule has 0 radical (unpaired) electrons. The van der Waals surface area contributed by atoms with E-state index in [-0.39, 0.29) is 0 Å². The predicted octanol–water partition coefficient (Wildman–Crippen LogP) is 4.28. The molecule has 0 unspecified atom stereocenters. The van der Waals surface area contributed by atoms with Crippen molar-refractivity contribution in [2.45, 2.75) is 0 Å². The second-order valence-electron chi connectivity index (χ2n) is 5.12. The van der Waals surface area contributed by atoms with Gasteiger partial charge in [0.15, 0.2) is 0 Å². The summed E-state index contributed by atoms with van der Waals surface area (Å²) in [6.07, 6.45) is 0. The summed E-state index contributed by atoms with van der Waals surface area (Å²) in [6, 6.07) is 20.0. The van der Waals surface area contributed by atoms with E-state index in [1.54, 1.807) is 12.1 Å². The van der Waals surface area contributed by atoms with Crippen molar-refractivity contribution < 1.29 is 5.11 Å². The van der Waals surface area contributed by atoms with Crippen LogP contribution in [0.25, 0.3) is 21.9 Å². The Bertz CT molecular complexity index is 740. The summed E-state index contributed by atoms with van der Waals surface area (Å²) < 4.78 is 0. The lowest BCUT2D eigenvalue weighted by atomic mass is 9.96. The maximum Gasteiger partial charge on any atom is 0.115 e. The number of hydrogen-bond donors (Lipinski definition) is 1. The van der Waals surface area contributed by atoms with Gasteiger partial charge in [0, 0.05) is 25.2 Å². The lowest BCUT2D eigenvalue weighted by molar-refractivity contribution is 0.475. The molecule has 0 aliphatic carbocycles. The summed E-state index contributed by atoms with van der Waals surface area (Å²) >= 11 is 0.